The molecule has 0 N–H and O–H groups in total. The van der Waals surface area contributed by atoms with Crippen LogP contribution in [-0.2, 0) is 35.2 Å². The third kappa shape index (κ3) is 6.82. The van der Waals surface area contributed by atoms with E-state index in [1.807, 2.05) is 36.7 Å². The minimum Gasteiger partial charge on any atom is -0.419 e. The second-order valence-corrected chi connectivity index (χ2v) is 12.0. The summed E-state index contributed by atoms with van der Waals surface area (Å²) in [6.45, 7) is 17.1. The molecule has 5 heteroatoms. The topological polar surface area (TPSA) is 35.6 Å². The third-order valence-electron chi connectivity index (χ3n) is 8.52. The molecule has 232 valence electrons. The number of hydrogen-bond donors (Lipinski definition) is 0. The fourth-order valence-electron chi connectivity index (χ4n) is 6.34. The second-order valence-electron chi connectivity index (χ2n) is 12.0. The van der Waals surface area contributed by atoms with Crippen molar-refractivity contribution in [3.63, 3.8) is 0 Å². The summed E-state index contributed by atoms with van der Waals surface area (Å²) in [5.74, 6) is 0. The van der Waals surface area contributed by atoms with Crippen molar-refractivity contribution in [2.45, 2.75) is 55.4 Å². The van der Waals surface area contributed by atoms with Gasteiger partial charge in [0.05, 0.1) is 0 Å². The maximum absolute atomic E-state index is 4.65. The van der Waals surface area contributed by atoms with E-state index in [0.29, 0.717) is 0 Å². The first-order valence-corrected chi connectivity index (χ1v) is 15.1. The minimum absolute atomic E-state index is 0. The van der Waals surface area contributed by atoms with Gasteiger partial charge in [-0.25, -0.2) is 0 Å². The molecule has 4 heterocycles. The molecule has 0 spiro atoms. The molecule has 0 aliphatic rings. The van der Waals surface area contributed by atoms with Crippen LogP contribution in [0.25, 0.3) is 45.0 Å². The van der Waals surface area contributed by atoms with Crippen LogP contribution in [0.15, 0.2) is 73.1 Å². The second kappa shape index (κ2) is 14.0. The number of rotatable bonds is 4. The summed E-state index contributed by atoms with van der Waals surface area (Å²) in [6.07, 6.45) is 3.71. The van der Waals surface area contributed by atoms with Crippen LogP contribution in [0.1, 0.15) is 44.8 Å². The van der Waals surface area contributed by atoms with Crippen molar-refractivity contribution < 1.29 is 21.1 Å². The predicted molar refractivity (Wildman–Crippen MR) is 184 cm³/mol. The van der Waals surface area contributed by atoms with E-state index < -0.39 is 0 Å². The van der Waals surface area contributed by atoms with Gasteiger partial charge in [-0.3, -0.25) is 0 Å². The normalized spacial score (nSPS) is 10.7. The number of pyridine rings is 2. The SMILES string of the molecule is Cc1cc(C)c(-c2cccnc2-c2[c-]cc(C)n2C)c(C)c1.Cc1cc(C)c(-c2cccnc2-c2[c-]cc(C)n2C)c(C)c1.[Pt+2]. The predicted octanol–water partition coefficient (Wildman–Crippen LogP) is 9.57. The summed E-state index contributed by atoms with van der Waals surface area (Å²) in [7, 11) is 4.13. The van der Waals surface area contributed by atoms with E-state index in [1.54, 1.807) is 0 Å². The van der Waals surface area contributed by atoms with Crippen molar-refractivity contribution in [2.24, 2.45) is 14.1 Å². The Morgan fingerprint density at radius 3 is 1.16 bits per heavy atom. The molecule has 0 unspecified atom stereocenters. The van der Waals surface area contributed by atoms with Gasteiger partial charge in [-0.1, -0.05) is 84.1 Å². The van der Waals surface area contributed by atoms with Crippen LogP contribution in [0.2, 0.25) is 0 Å². The Bertz CT molecular complexity index is 1790. The van der Waals surface area contributed by atoms with E-state index in [-0.39, 0.29) is 21.1 Å². The maximum Gasteiger partial charge on any atom is 2.00 e. The molecule has 0 radical (unpaired) electrons. The number of aryl methyl sites for hydroxylation is 8. The van der Waals surface area contributed by atoms with Gasteiger partial charge in [0.25, 0.3) is 0 Å². The summed E-state index contributed by atoms with van der Waals surface area (Å²) in [4.78, 5) is 9.30. The van der Waals surface area contributed by atoms with Gasteiger partial charge in [0.15, 0.2) is 0 Å². The molecule has 0 fully saturated rings. The van der Waals surface area contributed by atoms with Crippen LogP contribution in [0.4, 0.5) is 0 Å². The van der Waals surface area contributed by atoms with Gasteiger partial charge in [-0.05, 0) is 124 Å². The summed E-state index contributed by atoms with van der Waals surface area (Å²) < 4.78 is 4.29. The van der Waals surface area contributed by atoms with Gasteiger partial charge in [0.1, 0.15) is 0 Å². The van der Waals surface area contributed by atoms with E-state index in [0.717, 1.165) is 22.8 Å². The molecule has 0 aliphatic carbocycles. The molecule has 0 saturated heterocycles. The van der Waals surface area contributed by atoms with Crippen LogP contribution in [0.5, 0.6) is 0 Å². The first kappa shape index (κ1) is 33.9. The summed E-state index contributed by atoms with van der Waals surface area (Å²) in [6, 6.07) is 28.0. The molecule has 45 heavy (non-hydrogen) atoms. The van der Waals surface area contributed by atoms with Crippen LogP contribution in [-0.4, -0.2) is 19.1 Å². The fraction of sp³-hybridized carbons (Fsp3) is 0.250. The molecule has 0 atom stereocenters. The van der Waals surface area contributed by atoms with Crippen molar-refractivity contribution in [1.29, 1.82) is 0 Å². The average molecular weight is 774 g/mol. The zero-order valence-corrected chi connectivity index (χ0v) is 30.3. The van der Waals surface area contributed by atoms with Crippen LogP contribution in [0, 0.1) is 67.5 Å². The first-order valence-electron chi connectivity index (χ1n) is 15.1. The zero-order chi connectivity index (χ0) is 31.7. The Morgan fingerprint density at radius 2 is 0.867 bits per heavy atom. The van der Waals surface area contributed by atoms with Crippen molar-refractivity contribution in [2.75, 3.05) is 0 Å². The van der Waals surface area contributed by atoms with E-state index in [1.165, 1.54) is 67.0 Å². The van der Waals surface area contributed by atoms with Crippen molar-refractivity contribution >= 4 is 0 Å². The third-order valence-corrected chi connectivity index (χ3v) is 8.52. The fourth-order valence-corrected chi connectivity index (χ4v) is 6.34. The maximum atomic E-state index is 4.65. The molecule has 6 rings (SSSR count). The standard InChI is InChI=1S/2C20H21N2.Pt/c2*1-13-11-14(2)19(15(3)12-13)17-7-6-10-21-20(17)18-9-8-16(4)22(18)5;/h2*6-8,10-12H,1-5H3;/q2*-1;+2. The van der Waals surface area contributed by atoms with Gasteiger partial charge in [-0.15, -0.1) is 0 Å². The average Bonchev–Trinajstić information content (AvgIpc) is 3.48. The molecule has 6 aromatic rings. The summed E-state index contributed by atoms with van der Waals surface area (Å²) >= 11 is 0. The van der Waals surface area contributed by atoms with E-state index >= 15 is 0 Å². The summed E-state index contributed by atoms with van der Waals surface area (Å²) in [5.41, 5.74) is 19.1. The Labute approximate surface area is 283 Å². The molecule has 0 bridgehead atoms. The monoisotopic (exact) mass is 773 g/mol. The smallest absolute Gasteiger partial charge is 0.419 e. The minimum atomic E-state index is 0. The van der Waals surface area contributed by atoms with Gasteiger partial charge in [0.2, 0.25) is 0 Å². The van der Waals surface area contributed by atoms with Crippen molar-refractivity contribution in [1.82, 2.24) is 19.1 Å². The molecule has 4 nitrogen and oxygen atoms in total. The van der Waals surface area contributed by atoms with Gasteiger partial charge in [-0.2, -0.15) is 24.3 Å². The largest absolute Gasteiger partial charge is 2.00 e. The van der Waals surface area contributed by atoms with Crippen molar-refractivity contribution in [3.05, 3.63) is 130 Å². The quantitative estimate of drug-likeness (QED) is 0.168. The molecule has 0 aliphatic heterocycles. The first-order chi connectivity index (χ1) is 21.0. The molecular formula is C40H42N4Pt. The van der Waals surface area contributed by atoms with Crippen LogP contribution in [0.3, 0.4) is 0 Å². The molecule has 2 aromatic carbocycles. The Hall–Kier alpha value is -4.01. The molecule has 4 aromatic heterocycles. The number of benzene rings is 2. The summed E-state index contributed by atoms with van der Waals surface area (Å²) in [5, 5.41) is 0. The van der Waals surface area contributed by atoms with Crippen LogP contribution < -0.4 is 0 Å². The number of nitrogens with zero attached hydrogens (tertiary/aromatic N) is 4. The Kier molecular flexibility index (Phi) is 10.5. The van der Waals surface area contributed by atoms with E-state index in [9.17, 15) is 0 Å². The molecule has 0 saturated carbocycles. The van der Waals surface area contributed by atoms with Gasteiger partial charge in [0, 0.05) is 12.4 Å². The van der Waals surface area contributed by atoms with E-state index in [4.69, 9.17) is 0 Å². The zero-order valence-electron chi connectivity index (χ0n) is 28.0. The van der Waals surface area contributed by atoms with Gasteiger partial charge < -0.3 is 19.1 Å². The molecular weight excluding hydrogens is 732 g/mol. The van der Waals surface area contributed by atoms with E-state index in [2.05, 4.69) is 137 Å². The molecule has 0 amide bonds. The van der Waals surface area contributed by atoms with Crippen LogP contribution >= 0.6 is 0 Å². The number of hydrogen-bond acceptors (Lipinski definition) is 2. The Morgan fingerprint density at radius 1 is 0.533 bits per heavy atom. The van der Waals surface area contributed by atoms with Crippen molar-refractivity contribution in [3.8, 4) is 45.0 Å². The Balaban J connectivity index is 0.000000200. The number of aromatic nitrogens is 4. The van der Waals surface area contributed by atoms with Gasteiger partial charge >= 0.3 is 21.1 Å².